The minimum atomic E-state index is -0.990. The van der Waals surface area contributed by atoms with Crippen LogP contribution < -0.4 is 5.73 Å². The Morgan fingerprint density at radius 2 is 2.11 bits per heavy atom. The molecular weight excluding hydrogens is 228 g/mol. The highest BCUT2D eigenvalue weighted by atomic mass is 16.4. The summed E-state index contributed by atoms with van der Waals surface area (Å²) in [5.74, 6) is -0.144. The first-order valence-electron chi connectivity index (χ1n) is 6.83. The number of aliphatic carboxylic acids is 1. The quantitative estimate of drug-likeness (QED) is 0.751. The van der Waals surface area contributed by atoms with E-state index in [0.29, 0.717) is 5.69 Å². The number of rotatable bonds is 5. The van der Waals surface area contributed by atoms with Gasteiger partial charge < -0.3 is 15.8 Å². The van der Waals surface area contributed by atoms with E-state index in [-0.39, 0.29) is 0 Å². The molecule has 4 nitrogen and oxygen atoms in total. The van der Waals surface area contributed by atoms with Crippen molar-refractivity contribution in [3.63, 3.8) is 0 Å². The van der Waals surface area contributed by atoms with Gasteiger partial charge in [-0.2, -0.15) is 0 Å². The van der Waals surface area contributed by atoms with Crippen LogP contribution in [-0.4, -0.2) is 16.1 Å². The zero-order chi connectivity index (χ0) is 13.0. The van der Waals surface area contributed by atoms with Crippen LogP contribution >= 0.6 is 0 Å². The third-order valence-corrected chi connectivity index (χ3v) is 3.92. The van der Waals surface area contributed by atoms with Crippen LogP contribution in [0.4, 0.5) is 0 Å². The summed E-state index contributed by atoms with van der Waals surface area (Å²) in [6.45, 7) is 0. The van der Waals surface area contributed by atoms with Crippen molar-refractivity contribution in [2.24, 2.45) is 11.7 Å². The summed E-state index contributed by atoms with van der Waals surface area (Å²) in [5.41, 5.74) is 7.26. The lowest BCUT2D eigenvalue weighted by Crippen LogP contribution is -2.20. The molecule has 2 rings (SSSR count). The second-order valence-corrected chi connectivity index (χ2v) is 5.30. The molecule has 0 aliphatic heterocycles. The number of aromatic amines is 1. The lowest BCUT2D eigenvalue weighted by Gasteiger charge is -2.20. The van der Waals surface area contributed by atoms with Gasteiger partial charge in [-0.15, -0.1) is 0 Å². The van der Waals surface area contributed by atoms with Gasteiger partial charge in [0, 0.05) is 11.4 Å². The van der Waals surface area contributed by atoms with Gasteiger partial charge >= 0.3 is 5.97 Å². The van der Waals surface area contributed by atoms with Crippen molar-refractivity contribution < 1.29 is 9.90 Å². The predicted molar refractivity (Wildman–Crippen MR) is 70.3 cm³/mol. The van der Waals surface area contributed by atoms with Crippen LogP contribution in [0, 0.1) is 5.92 Å². The Balaban J connectivity index is 1.84. The van der Waals surface area contributed by atoms with Crippen molar-refractivity contribution in [3.8, 4) is 0 Å². The van der Waals surface area contributed by atoms with E-state index in [0.717, 1.165) is 18.0 Å². The molecule has 1 atom stereocenters. The summed E-state index contributed by atoms with van der Waals surface area (Å²) < 4.78 is 0. The first kappa shape index (κ1) is 13.1. The average molecular weight is 250 g/mol. The highest BCUT2D eigenvalue weighted by Gasteiger charge is 2.17. The molecule has 1 saturated carbocycles. The molecule has 4 N–H and O–H groups in total. The van der Waals surface area contributed by atoms with E-state index in [1.807, 2.05) is 6.07 Å². The summed E-state index contributed by atoms with van der Waals surface area (Å²) in [6, 6.07) is 2.81. The fourth-order valence-corrected chi connectivity index (χ4v) is 2.75. The molecule has 1 aliphatic carbocycles. The van der Waals surface area contributed by atoms with Crippen LogP contribution in [0.1, 0.15) is 56.0 Å². The van der Waals surface area contributed by atoms with Gasteiger partial charge in [-0.05, 0) is 30.9 Å². The normalized spacial score (nSPS) is 18.7. The molecular formula is C14H22N2O2. The molecule has 1 aliphatic rings. The van der Waals surface area contributed by atoms with Gasteiger partial charge in [-0.1, -0.05) is 32.1 Å². The van der Waals surface area contributed by atoms with Gasteiger partial charge in [0.05, 0.1) is 0 Å². The number of carboxylic acid groups (broad SMARTS) is 1. The van der Waals surface area contributed by atoms with Crippen molar-refractivity contribution >= 4 is 5.97 Å². The van der Waals surface area contributed by atoms with Crippen LogP contribution in [0.3, 0.4) is 0 Å². The molecule has 1 heterocycles. The fraction of sp³-hybridized carbons (Fsp3) is 0.643. The van der Waals surface area contributed by atoms with Gasteiger partial charge in [0.25, 0.3) is 0 Å². The zero-order valence-electron chi connectivity index (χ0n) is 10.7. The Kier molecular flexibility index (Phi) is 4.42. The van der Waals surface area contributed by atoms with Gasteiger partial charge in [-0.25, -0.2) is 0 Å². The number of nitrogens with two attached hydrogens (primary N) is 1. The largest absolute Gasteiger partial charge is 0.480 e. The Morgan fingerprint density at radius 3 is 2.78 bits per heavy atom. The van der Waals surface area contributed by atoms with Crippen LogP contribution in [0.15, 0.2) is 12.1 Å². The monoisotopic (exact) mass is 250 g/mol. The predicted octanol–water partition coefficient (Wildman–Crippen LogP) is 2.61. The molecule has 0 amide bonds. The molecule has 1 aromatic rings. The Morgan fingerprint density at radius 1 is 1.39 bits per heavy atom. The molecule has 0 spiro atoms. The molecule has 1 aromatic heterocycles. The highest BCUT2D eigenvalue weighted by molar-refractivity contribution is 5.74. The Bertz CT molecular complexity index is 394. The molecule has 100 valence electrons. The first-order valence-corrected chi connectivity index (χ1v) is 6.83. The lowest BCUT2D eigenvalue weighted by atomic mass is 9.86. The number of nitrogens with one attached hydrogen (secondary N) is 1. The standard InChI is InChI=1S/C14H22N2O2/c15-13(14(17)18)12-9-8-11(16-12)7-6-10-4-2-1-3-5-10/h8-10,13,16H,1-7,15H2,(H,17,18). The van der Waals surface area contributed by atoms with Crippen molar-refractivity contribution in [1.29, 1.82) is 0 Å². The number of hydrogen-bond donors (Lipinski definition) is 3. The van der Waals surface area contributed by atoms with Gasteiger partial charge in [0.1, 0.15) is 6.04 Å². The van der Waals surface area contributed by atoms with Crippen molar-refractivity contribution in [2.45, 2.75) is 51.0 Å². The first-order chi connectivity index (χ1) is 8.66. The van der Waals surface area contributed by atoms with E-state index < -0.39 is 12.0 Å². The average Bonchev–Trinajstić information content (AvgIpc) is 2.85. The smallest absolute Gasteiger partial charge is 0.326 e. The molecule has 0 radical (unpaired) electrons. The Hall–Kier alpha value is -1.29. The third kappa shape index (κ3) is 3.35. The van der Waals surface area contributed by atoms with Crippen molar-refractivity contribution in [2.75, 3.05) is 0 Å². The second kappa shape index (κ2) is 6.05. The van der Waals surface area contributed by atoms with E-state index in [1.165, 1.54) is 38.5 Å². The molecule has 1 unspecified atom stereocenters. The topological polar surface area (TPSA) is 79.1 Å². The van der Waals surface area contributed by atoms with E-state index in [2.05, 4.69) is 4.98 Å². The van der Waals surface area contributed by atoms with Gasteiger partial charge in [0.2, 0.25) is 0 Å². The second-order valence-electron chi connectivity index (χ2n) is 5.30. The van der Waals surface area contributed by atoms with Gasteiger partial charge in [-0.3, -0.25) is 4.79 Å². The highest BCUT2D eigenvalue weighted by Crippen LogP contribution is 2.27. The number of aryl methyl sites for hydroxylation is 1. The molecule has 1 fully saturated rings. The van der Waals surface area contributed by atoms with Crippen LogP contribution in [0.25, 0.3) is 0 Å². The van der Waals surface area contributed by atoms with Gasteiger partial charge in [0.15, 0.2) is 0 Å². The molecule has 0 saturated heterocycles. The molecule has 4 heteroatoms. The third-order valence-electron chi connectivity index (χ3n) is 3.92. The number of hydrogen-bond acceptors (Lipinski definition) is 2. The lowest BCUT2D eigenvalue weighted by molar-refractivity contribution is -0.138. The summed E-state index contributed by atoms with van der Waals surface area (Å²) in [6.07, 6.45) is 9.01. The molecule has 0 bridgehead atoms. The summed E-state index contributed by atoms with van der Waals surface area (Å²) >= 11 is 0. The fourth-order valence-electron chi connectivity index (χ4n) is 2.75. The van der Waals surface area contributed by atoms with Crippen LogP contribution in [-0.2, 0) is 11.2 Å². The maximum absolute atomic E-state index is 10.8. The summed E-state index contributed by atoms with van der Waals surface area (Å²) in [7, 11) is 0. The zero-order valence-corrected chi connectivity index (χ0v) is 10.7. The van der Waals surface area contributed by atoms with Crippen LogP contribution in [0.5, 0.6) is 0 Å². The van der Waals surface area contributed by atoms with E-state index in [9.17, 15) is 4.79 Å². The van der Waals surface area contributed by atoms with E-state index in [1.54, 1.807) is 6.07 Å². The van der Waals surface area contributed by atoms with Crippen molar-refractivity contribution in [3.05, 3.63) is 23.5 Å². The maximum atomic E-state index is 10.8. The van der Waals surface area contributed by atoms with E-state index >= 15 is 0 Å². The maximum Gasteiger partial charge on any atom is 0.326 e. The molecule has 0 aromatic carbocycles. The van der Waals surface area contributed by atoms with E-state index in [4.69, 9.17) is 10.8 Å². The number of H-pyrrole nitrogens is 1. The number of carboxylic acids is 1. The number of aromatic nitrogens is 1. The molecule has 18 heavy (non-hydrogen) atoms. The number of carbonyl (C=O) groups is 1. The SMILES string of the molecule is NC(C(=O)O)c1ccc(CCC2CCCCC2)[nH]1. The summed E-state index contributed by atoms with van der Waals surface area (Å²) in [4.78, 5) is 13.9. The van der Waals surface area contributed by atoms with Crippen LogP contribution in [0.2, 0.25) is 0 Å². The van der Waals surface area contributed by atoms with Crippen molar-refractivity contribution in [1.82, 2.24) is 4.98 Å². The minimum Gasteiger partial charge on any atom is -0.480 e. The minimum absolute atomic E-state index is 0.598. The summed E-state index contributed by atoms with van der Waals surface area (Å²) in [5, 5.41) is 8.83. The Labute approximate surface area is 108 Å².